The lowest BCUT2D eigenvalue weighted by atomic mass is 10.2. The summed E-state index contributed by atoms with van der Waals surface area (Å²) < 4.78 is 32.8. The van der Waals surface area contributed by atoms with Gasteiger partial charge in [0.2, 0.25) is 10.0 Å². The molecule has 3 rings (SSSR count). The lowest BCUT2D eigenvalue weighted by Gasteiger charge is -2.26. The summed E-state index contributed by atoms with van der Waals surface area (Å²) in [6, 6.07) is 7.08. The van der Waals surface area contributed by atoms with Gasteiger partial charge in [0.25, 0.3) is 0 Å². The van der Waals surface area contributed by atoms with Crippen molar-refractivity contribution >= 4 is 33.1 Å². The van der Waals surface area contributed by atoms with Gasteiger partial charge >= 0.3 is 0 Å². The summed E-state index contributed by atoms with van der Waals surface area (Å²) in [6.07, 6.45) is 0. The molecule has 0 unspecified atom stereocenters. The van der Waals surface area contributed by atoms with Gasteiger partial charge in [-0.15, -0.1) is 10.2 Å². The van der Waals surface area contributed by atoms with Crippen molar-refractivity contribution in [3.8, 4) is 0 Å². The first-order valence-corrected chi connectivity index (χ1v) is 10.0. The van der Waals surface area contributed by atoms with Crippen LogP contribution in [-0.2, 0) is 20.5 Å². The van der Waals surface area contributed by atoms with E-state index in [0.717, 1.165) is 9.90 Å². The van der Waals surface area contributed by atoms with Crippen LogP contribution in [-0.4, -0.2) is 49.2 Å². The Labute approximate surface area is 137 Å². The molecule has 1 saturated heterocycles. The van der Waals surface area contributed by atoms with E-state index in [4.69, 9.17) is 4.74 Å². The number of benzene rings is 1. The molecular formula is C13H15N3O3S3. The molecule has 2 heterocycles. The van der Waals surface area contributed by atoms with Crippen LogP contribution in [0.3, 0.4) is 0 Å². The average Bonchev–Trinajstić information content (AvgIpc) is 3.07. The quantitative estimate of drug-likeness (QED) is 0.761. The van der Waals surface area contributed by atoms with Gasteiger partial charge in [0.05, 0.1) is 18.1 Å². The highest BCUT2D eigenvalue weighted by molar-refractivity contribution is 8.00. The van der Waals surface area contributed by atoms with E-state index >= 15 is 0 Å². The van der Waals surface area contributed by atoms with Crippen molar-refractivity contribution in [3.05, 3.63) is 35.3 Å². The Morgan fingerprint density at radius 2 is 2.14 bits per heavy atom. The zero-order valence-electron chi connectivity index (χ0n) is 11.7. The molecule has 0 atom stereocenters. The normalized spacial score (nSPS) is 16.7. The average molecular weight is 357 g/mol. The van der Waals surface area contributed by atoms with Crippen molar-refractivity contribution in [2.24, 2.45) is 0 Å². The van der Waals surface area contributed by atoms with Crippen molar-refractivity contribution in [3.63, 3.8) is 0 Å². The van der Waals surface area contributed by atoms with Gasteiger partial charge in [-0.2, -0.15) is 4.31 Å². The first kappa shape index (κ1) is 15.9. The van der Waals surface area contributed by atoms with Crippen LogP contribution in [0.2, 0.25) is 0 Å². The first-order valence-electron chi connectivity index (χ1n) is 6.72. The fourth-order valence-electron chi connectivity index (χ4n) is 2.10. The lowest BCUT2D eigenvalue weighted by molar-refractivity contribution is 0.0730. The van der Waals surface area contributed by atoms with Crippen LogP contribution in [0.1, 0.15) is 5.56 Å². The summed E-state index contributed by atoms with van der Waals surface area (Å²) in [5.41, 5.74) is 2.64. The summed E-state index contributed by atoms with van der Waals surface area (Å²) in [7, 11) is -3.44. The molecule has 9 heteroatoms. The van der Waals surface area contributed by atoms with E-state index in [2.05, 4.69) is 10.2 Å². The SMILES string of the molecule is O=S(=O)(c1cccc(CSc2nncs2)c1)N1CCOCC1. The summed E-state index contributed by atoms with van der Waals surface area (Å²) in [5.74, 6) is 0.668. The van der Waals surface area contributed by atoms with E-state index in [9.17, 15) is 8.42 Å². The predicted molar refractivity (Wildman–Crippen MR) is 85.5 cm³/mol. The Kier molecular flexibility index (Phi) is 5.09. The molecule has 1 aliphatic rings. The van der Waals surface area contributed by atoms with Crippen LogP contribution >= 0.6 is 23.1 Å². The maximum Gasteiger partial charge on any atom is 0.243 e. The van der Waals surface area contributed by atoms with Gasteiger partial charge in [0, 0.05) is 18.8 Å². The number of aromatic nitrogens is 2. The second kappa shape index (κ2) is 7.05. The highest BCUT2D eigenvalue weighted by Gasteiger charge is 2.26. The zero-order chi connectivity index (χ0) is 15.4. The minimum Gasteiger partial charge on any atom is -0.379 e. The fraction of sp³-hybridized carbons (Fsp3) is 0.385. The monoisotopic (exact) mass is 357 g/mol. The van der Waals surface area contributed by atoms with E-state index in [0.29, 0.717) is 37.0 Å². The van der Waals surface area contributed by atoms with Gasteiger partial charge in [0.15, 0.2) is 4.34 Å². The van der Waals surface area contributed by atoms with Gasteiger partial charge in [-0.3, -0.25) is 0 Å². The molecule has 0 amide bonds. The molecule has 0 saturated carbocycles. The van der Waals surface area contributed by atoms with Crippen molar-refractivity contribution < 1.29 is 13.2 Å². The highest BCUT2D eigenvalue weighted by Crippen LogP contribution is 2.25. The molecule has 1 aromatic heterocycles. The molecule has 1 aromatic carbocycles. The van der Waals surface area contributed by atoms with Crippen molar-refractivity contribution in [1.82, 2.24) is 14.5 Å². The van der Waals surface area contributed by atoms with Crippen molar-refractivity contribution in [2.45, 2.75) is 15.0 Å². The van der Waals surface area contributed by atoms with Gasteiger partial charge < -0.3 is 4.74 Å². The molecule has 1 fully saturated rings. The van der Waals surface area contributed by atoms with Crippen LogP contribution in [0.4, 0.5) is 0 Å². The summed E-state index contributed by atoms with van der Waals surface area (Å²) in [6.45, 7) is 1.72. The third kappa shape index (κ3) is 3.66. The third-order valence-corrected chi connectivity index (χ3v) is 7.03. The largest absolute Gasteiger partial charge is 0.379 e. The zero-order valence-corrected chi connectivity index (χ0v) is 14.2. The number of sulfonamides is 1. The molecule has 0 radical (unpaired) electrons. The van der Waals surface area contributed by atoms with Crippen molar-refractivity contribution in [1.29, 1.82) is 0 Å². The minimum absolute atomic E-state index is 0.338. The van der Waals surface area contributed by atoms with Gasteiger partial charge in [-0.05, 0) is 17.7 Å². The minimum atomic E-state index is -3.44. The van der Waals surface area contributed by atoms with E-state index < -0.39 is 10.0 Å². The predicted octanol–water partition coefficient (Wildman–Crippen LogP) is 1.85. The molecule has 0 bridgehead atoms. The second-order valence-corrected chi connectivity index (χ2v) is 8.65. The van der Waals surface area contributed by atoms with Gasteiger partial charge in [0.1, 0.15) is 5.51 Å². The van der Waals surface area contributed by atoms with Crippen LogP contribution < -0.4 is 0 Å². The number of thioether (sulfide) groups is 1. The second-order valence-electron chi connectivity index (χ2n) is 4.66. The first-order chi connectivity index (χ1) is 10.7. The molecule has 22 heavy (non-hydrogen) atoms. The molecule has 118 valence electrons. The molecule has 0 N–H and O–H groups in total. The lowest BCUT2D eigenvalue weighted by Crippen LogP contribution is -2.40. The Bertz CT molecular complexity index is 713. The Morgan fingerprint density at radius 3 is 2.86 bits per heavy atom. The topological polar surface area (TPSA) is 72.4 Å². The smallest absolute Gasteiger partial charge is 0.243 e. The summed E-state index contributed by atoms with van der Waals surface area (Å²) in [5, 5.41) is 7.75. The maximum absolute atomic E-state index is 12.6. The van der Waals surface area contributed by atoms with E-state index in [1.807, 2.05) is 6.07 Å². The number of ether oxygens (including phenoxy) is 1. The van der Waals surface area contributed by atoms with Crippen LogP contribution in [0.15, 0.2) is 39.0 Å². The summed E-state index contributed by atoms with van der Waals surface area (Å²) in [4.78, 5) is 0.338. The molecule has 0 aliphatic carbocycles. The van der Waals surface area contributed by atoms with Crippen LogP contribution in [0.5, 0.6) is 0 Å². The fourth-order valence-corrected chi connectivity index (χ4v) is 5.01. The maximum atomic E-state index is 12.6. The van der Waals surface area contributed by atoms with Crippen LogP contribution in [0.25, 0.3) is 0 Å². The molecule has 1 aliphatic heterocycles. The molecule has 2 aromatic rings. The Morgan fingerprint density at radius 1 is 1.32 bits per heavy atom. The van der Waals surface area contributed by atoms with Crippen LogP contribution in [0, 0.1) is 0 Å². The van der Waals surface area contributed by atoms with E-state index in [-0.39, 0.29) is 0 Å². The number of nitrogens with zero attached hydrogens (tertiary/aromatic N) is 3. The number of hydrogen-bond acceptors (Lipinski definition) is 7. The number of hydrogen-bond donors (Lipinski definition) is 0. The third-order valence-electron chi connectivity index (χ3n) is 3.21. The molecule has 6 nitrogen and oxygen atoms in total. The molecule has 0 spiro atoms. The molecular weight excluding hydrogens is 342 g/mol. The van der Waals surface area contributed by atoms with Gasteiger partial charge in [-0.25, -0.2) is 8.42 Å². The summed E-state index contributed by atoms with van der Waals surface area (Å²) >= 11 is 3.03. The van der Waals surface area contributed by atoms with Gasteiger partial charge in [-0.1, -0.05) is 35.2 Å². The van der Waals surface area contributed by atoms with E-state index in [1.54, 1.807) is 35.5 Å². The Balaban J connectivity index is 1.75. The number of morpholine rings is 1. The standard InChI is InChI=1S/C13H15N3O3S3/c17-22(18,16-4-6-19-7-5-16)12-3-1-2-11(8-12)9-20-13-15-14-10-21-13/h1-3,8,10H,4-7,9H2. The Hall–Kier alpha value is -1.00. The highest BCUT2D eigenvalue weighted by atomic mass is 32.2. The van der Waals surface area contributed by atoms with E-state index in [1.165, 1.54) is 15.6 Å². The number of rotatable bonds is 5. The van der Waals surface area contributed by atoms with Crippen molar-refractivity contribution in [2.75, 3.05) is 26.3 Å².